The monoisotopic (exact) mass is 327 g/mol. The normalized spacial score (nSPS) is 10.2. The zero-order valence-electron chi connectivity index (χ0n) is 9.08. The second kappa shape index (κ2) is 5.50. The molecular formula is C13H8BrClFNO. The van der Waals surface area contributed by atoms with E-state index in [1.54, 1.807) is 24.3 Å². The summed E-state index contributed by atoms with van der Waals surface area (Å²) in [7, 11) is 0. The van der Waals surface area contributed by atoms with Gasteiger partial charge in [0, 0.05) is 9.50 Å². The van der Waals surface area contributed by atoms with Gasteiger partial charge < -0.3 is 5.32 Å². The Bertz CT molecular complexity index is 603. The van der Waals surface area contributed by atoms with Crippen molar-refractivity contribution in [2.24, 2.45) is 0 Å². The molecule has 0 heterocycles. The molecule has 5 heteroatoms. The molecule has 0 fully saturated rings. The van der Waals surface area contributed by atoms with Crippen LogP contribution in [0, 0.1) is 5.82 Å². The van der Waals surface area contributed by atoms with Crippen LogP contribution in [0.3, 0.4) is 0 Å². The van der Waals surface area contributed by atoms with Crippen molar-refractivity contribution in [3.05, 3.63) is 63.3 Å². The fourth-order valence-corrected chi connectivity index (χ4v) is 2.21. The molecule has 0 saturated heterocycles. The van der Waals surface area contributed by atoms with Gasteiger partial charge in [-0.15, -0.1) is 0 Å². The number of benzene rings is 2. The van der Waals surface area contributed by atoms with Crippen LogP contribution >= 0.6 is 27.5 Å². The maximum atomic E-state index is 13.4. The highest BCUT2D eigenvalue weighted by molar-refractivity contribution is 9.10. The van der Waals surface area contributed by atoms with E-state index in [1.165, 1.54) is 18.2 Å². The molecule has 0 spiro atoms. The van der Waals surface area contributed by atoms with Crippen molar-refractivity contribution < 1.29 is 9.18 Å². The highest BCUT2D eigenvalue weighted by Gasteiger charge is 2.12. The van der Waals surface area contributed by atoms with Crippen molar-refractivity contribution in [3.8, 4) is 0 Å². The lowest BCUT2D eigenvalue weighted by Crippen LogP contribution is -2.13. The molecular weight excluding hydrogens is 321 g/mol. The van der Waals surface area contributed by atoms with Crippen molar-refractivity contribution in [1.82, 2.24) is 0 Å². The summed E-state index contributed by atoms with van der Waals surface area (Å²) < 4.78 is 14.1. The summed E-state index contributed by atoms with van der Waals surface area (Å²) in [6.45, 7) is 0. The molecule has 0 aliphatic carbocycles. The molecule has 2 aromatic rings. The van der Waals surface area contributed by atoms with E-state index >= 15 is 0 Å². The van der Waals surface area contributed by atoms with Gasteiger partial charge in [0.2, 0.25) is 0 Å². The summed E-state index contributed by atoms with van der Waals surface area (Å²) in [5, 5.41) is 3.16. The minimum atomic E-state index is -0.555. The van der Waals surface area contributed by atoms with Crippen molar-refractivity contribution in [2.75, 3.05) is 5.32 Å². The molecule has 0 radical (unpaired) electrons. The van der Waals surface area contributed by atoms with Gasteiger partial charge in [-0.05, 0) is 46.3 Å². The number of halogens is 3. The Morgan fingerprint density at radius 3 is 2.61 bits per heavy atom. The molecule has 0 bridgehead atoms. The van der Waals surface area contributed by atoms with Crippen molar-refractivity contribution in [1.29, 1.82) is 0 Å². The molecule has 2 nitrogen and oxygen atoms in total. The van der Waals surface area contributed by atoms with Gasteiger partial charge in [0.15, 0.2) is 0 Å². The first-order valence-electron chi connectivity index (χ1n) is 5.09. The van der Waals surface area contributed by atoms with Gasteiger partial charge in [-0.3, -0.25) is 4.79 Å². The van der Waals surface area contributed by atoms with Crippen molar-refractivity contribution >= 4 is 39.1 Å². The van der Waals surface area contributed by atoms with Crippen LogP contribution in [-0.4, -0.2) is 5.91 Å². The summed E-state index contributed by atoms with van der Waals surface area (Å²) in [5.74, 6) is -1.06. The summed E-state index contributed by atoms with van der Waals surface area (Å²) in [5.41, 5.74) is 0.534. The maximum absolute atomic E-state index is 13.4. The van der Waals surface area contributed by atoms with Crippen LogP contribution in [0.5, 0.6) is 0 Å². The van der Waals surface area contributed by atoms with Gasteiger partial charge >= 0.3 is 0 Å². The highest BCUT2D eigenvalue weighted by atomic mass is 79.9. The summed E-state index contributed by atoms with van der Waals surface area (Å²) in [4.78, 5) is 11.9. The third kappa shape index (κ3) is 2.89. The van der Waals surface area contributed by atoms with Crippen LogP contribution in [-0.2, 0) is 0 Å². The van der Waals surface area contributed by atoms with Gasteiger partial charge in [0.25, 0.3) is 5.91 Å². The largest absolute Gasteiger partial charge is 0.321 e. The van der Waals surface area contributed by atoms with E-state index < -0.39 is 11.7 Å². The first-order chi connectivity index (χ1) is 8.58. The molecule has 0 unspecified atom stereocenters. The molecule has 0 atom stereocenters. The zero-order valence-corrected chi connectivity index (χ0v) is 11.4. The SMILES string of the molecule is O=C(Nc1ccc(Cl)cc1Br)c1ccccc1F. The minimum absolute atomic E-state index is 0.000602. The van der Waals surface area contributed by atoms with Crippen LogP contribution in [0.25, 0.3) is 0 Å². The number of hydrogen-bond acceptors (Lipinski definition) is 1. The highest BCUT2D eigenvalue weighted by Crippen LogP contribution is 2.26. The van der Waals surface area contributed by atoms with Crippen LogP contribution in [0.15, 0.2) is 46.9 Å². The lowest BCUT2D eigenvalue weighted by atomic mass is 10.2. The summed E-state index contributed by atoms with van der Waals surface area (Å²) >= 11 is 9.07. The molecule has 1 amide bonds. The van der Waals surface area contributed by atoms with Gasteiger partial charge in [-0.2, -0.15) is 0 Å². The van der Waals surface area contributed by atoms with Crippen molar-refractivity contribution in [2.45, 2.75) is 0 Å². The number of carbonyl (C=O) groups is 1. The standard InChI is InChI=1S/C13H8BrClFNO/c14-10-7-8(15)5-6-12(10)17-13(18)9-3-1-2-4-11(9)16/h1-7H,(H,17,18). The summed E-state index contributed by atoms with van der Waals surface area (Å²) in [6.07, 6.45) is 0. The predicted octanol–water partition coefficient (Wildman–Crippen LogP) is 4.49. The molecule has 0 aliphatic heterocycles. The Hall–Kier alpha value is -1.39. The Kier molecular flexibility index (Phi) is 3.99. The Labute approximate surface area is 117 Å². The fourth-order valence-electron chi connectivity index (χ4n) is 1.43. The quantitative estimate of drug-likeness (QED) is 0.864. The predicted molar refractivity (Wildman–Crippen MR) is 73.5 cm³/mol. The number of carbonyl (C=O) groups excluding carboxylic acids is 1. The van der Waals surface area contributed by atoms with Gasteiger partial charge in [0.1, 0.15) is 5.82 Å². The topological polar surface area (TPSA) is 29.1 Å². The average molecular weight is 329 g/mol. The third-order valence-corrected chi connectivity index (χ3v) is 3.19. The second-order valence-electron chi connectivity index (χ2n) is 3.56. The van der Waals surface area contributed by atoms with E-state index in [9.17, 15) is 9.18 Å². The van der Waals surface area contributed by atoms with Crippen LogP contribution < -0.4 is 5.32 Å². The molecule has 1 N–H and O–H groups in total. The Morgan fingerprint density at radius 2 is 1.94 bits per heavy atom. The summed E-state index contributed by atoms with van der Waals surface area (Å²) in [6, 6.07) is 10.7. The third-order valence-electron chi connectivity index (χ3n) is 2.30. The van der Waals surface area contributed by atoms with E-state index in [2.05, 4.69) is 21.2 Å². The smallest absolute Gasteiger partial charge is 0.258 e. The number of rotatable bonds is 2. The molecule has 0 aliphatic rings. The molecule has 18 heavy (non-hydrogen) atoms. The molecule has 0 saturated carbocycles. The molecule has 92 valence electrons. The van der Waals surface area contributed by atoms with Crippen molar-refractivity contribution in [3.63, 3.8) is 0 Å². The first-order valence-corrected chi connectivity index (χ1v) is 6.26. The van der Waals surface area contributed by atoms with E-state index in [0.29, 0.717) is 15.2 Å². The van der Waals surface area contributed by atoms with Gasteiger partial charge in [-0.1, -0.05) is 23.7 Å². The fraction of sp³-hybridized carbons (Fsp3) is 0. The molecule has 2 rings (SSSR count). The number of anilines is 1. The average Bonchev–Trinajstić information content (AvgIpc) is 2.33. The maximum Gasteiger partial charge on any atom is 0.258 e. The number of amides is 1. The van der Waals surface area contributed by atoms with Crippen LogP contribution in [0.1, 0.15) is 10.4 Å². The van der Waals surface area contributed by atoms with Crippen LogP contribution in [0.4, 0.5) is 10.1 Å². The van der Waals surface area contributed by atoms with E-state index in [0.717, 1.165) is 0 Å². The Balaban J connectivity index is 2.24. The van der Waals surface area contributed by atoms with E-state index in [-0.39, 0.29) is 5.56 Å². The first kappa shape index (κ1) is 13.1. The molecule has 0 aromatic heterocycles. The second-order valence-corrected chi connectivity index (χ2v) is 4.85. The Morgan fingerprint density at radius 1 is 1.22 bits per heavy atom. The lowest BCUT2D eigenvalue weighted by molar-refractivity contribution is 0.102. The lowest BCUT2D eigenvalue weighted by Gasteiger charge is -2.08. The minimum Gasteiger partial charge on any atom is -0.321 e. The van der Waals surface area contributed by atoms with E-state index in [4.69, 9.17) is 11.6 Å². The van der Waals surface area contributed by atoms with Gasteiger partial charge in [-0.25, -0.2) is 4.39 Å². The van der Waals surface area contributed by atoms with E-state index in [1.807, 2.05) is 0 Å². The number of hydrogen-bond donors (Lipinski definition) is 1. The van der Waals surface area contributed by atoms with Gasteiger partial charge in [0.05, 0.1) is 11.3 Å². The number of nitrogens with one attached hydrogen (secondary N) is 1. The van der Waals surface area contributed by atoms with Crippen LogP contribution in [0.2, 0.25) is 5.02 Å². The molecule has 2 aromatic carbocycles. The zero-order chi connectivity index (χ0) is 13.1.